The number of rotatable bonds is 7. The molecule has 0 fully saturated rings. The van der Waals surface area contributed by atoms with E-state index in [1.807, 2.05) is 13.8 Å². The van der Waals surface area contributed by atoms with E-state index in [2.05, 4.69) is 4.72 Å². The van der Waals surface area contributed by atoms with Gasteiger partial charge in [0.05, 0.1) is 26.8 Å². The molecule has 0 aliphatic heterocycles. The van der Waals surface area contributed by atoms with Gasteiger partial charge < -0.3 is 5.11 Å². The van der Waals surface area contributed by atoms with Gasteiger partial charge in [0, 0.05) is 0 Å². The average molecular weight is 460 g/mol. The maximum atomic E-state index is 12.9. The third kappa shape index (κ3) is 5.31. The Kier molecular flexibility index (Phi) is 6.19. The Morgan fingerprint density at radius 2 is 1.32 bits per heavy atom. The van der Waals surface area contributed by atoms with Crippen molar-refractivity contribution in [3.8, 4) is 0 Å². The minimum absolute atomic E-state index is 0.00117. The zero-order chi connectivity index (χ0) is 22.8. The number of carbonyl (C=O) groups is 1. The van der Waals surface area contributed by atoms with Crippen LogP contribution in [0.3, 0.4) is 0 Å². The number of hydrogen-bond donors (Lipinski definition) is 2. The van der Waals surface area contributed by atoms with Crippen LogP contribution in [0.25, 0.3) is 0 Å². The number of aromatic carboxylic acids is 1. The molecule has 2 N–H and O–H groups in total. The number of benzene rings is 3. The van der Waals surface area contributed by atoms with E-state index in [4.69, 9.17) is 0 Å². The molecule has 0 spiro atoms. The summed E-state index contributed by atoms with van der Waals surface area (Å²) in [5.41, 5.74) is 1.66. The largest absolute Gasteiger partial charge is 0.478 e. The molecule has 3 aromatic carbocycles. The van der Waals surface area contributed by atoms with Crippen molar-refractivity contribution in [2.75, 3.05) is 4.72 Å². The van der Waals surface area contributed by atoms with Crippen molar-refractivity contribution in [1.29, 1.82) is 0 Å². The van der Waals surface area contributed by atoms with E-state index in [1.165, 1.54) is 42.5 Å². The topological polar surface area (TPSA) is 118 Å². The second-order valence-electron chi connectivity index (χ2n) is 7.17. The molecule has 3 aromatic rings. The lowest BCUT2D eigenvalue weighted by molar-refractivity contribution is 0.0696. The molecule has 0 aliphatic rings. The smallest absolute Gasteiger partial charge is 0.335 e. The van der Waals surface area contributed by atoms with Crippen molar-refractivity contribution >= 4 is 31.5 Å². The summed E-state index contributed by atoms with van der Waals surface area (Å²) < 4.78 is 53.7. The first-order valence-electron chi connectivity index (χ1n) is 9.23. The van der Waals surface area contributed by atoms with Crippen LogP contribution in [0.5, 0.6) is 0 Å². The highest BCUT2D eigenvalue weighted by atomic mass is 32.2. The van der Waals surface area contributed by atoms with Crippen molar-refractivity contribution in [1.82, 2.24) is 0 Å². The van der Waals surface area contributed by atoms with E-state index >= 15 is 0 Å². The van der Waals surface area contributed by atoms with E-state index in [1.54, 1.807) is 24.3 Å². The van der Waals surface area contributed by atoms with Gasteiger partial charge in [0.2, 0.25) is 0 Å². The van der Waals surface area contributed by atoms with Crippen LogP contribution in [-0.2, 0) is 25.6 Å². The van der Waals surface area contributed by atoms with Gasteiger partial charge in [-0.15, -0.1) is 0 Å². The summed E-state index contributed by atoms with van der Waals surface area (Å²) in [6.45, 7) is 3.65. The van der Waals surface area contributed by atoms with Crippen LogP contribution < -0.4 is 4.72 Å². The van der Waals surface area contributed by atoms with Crippen molar-refractivity contribution in [2.24, 2.45) is 0 Å². The number of nitrogens with one attached hydrogen (secondary N) is 1. The Morgan fingerprint density at radius 3 is 1.84 bits per heavy atom. The molecule has 0 aliphatic carbocycles. The molecule has 0 unspecified atom stereocenters. The molecule has 7 nitrogen and oxygen atoms in total. The molecule has 3 rings (SSSR count). The highest BCUT2D eigenvalue weighted by Gasteiger charge is 2.22. The maximum Gasteiger partial charge on any atom is 0.335 e. The van der Waals surface area contributed by atoms with Crippen molar-refractivity contribution < 1.29 is 26.7 Å². The number of sulfone groups is 1. The van der Waals surface area contributed by atoms with Crippen molar-refractivity contribution in [3.63, 3.8) is 0 Å². The van der Waals surface area contributed by atoms with Gasteiger partial charge in [-0.2, -0.15) is 0 Å². The SMILES string of the molecule is Cc1ccc(S(=O)(=O)Cc2cc(C(=O)O)ccc2NS(=O)(=O)c2ccc(C)cc2)cc1. The average Bonchev–Trinajstić information content (AvgIpc) is 2.69. The molecule has 0 radical (unpaired) electrons. The summed E-state index contributed by atoms with van der Waals surface area (Å²) in [5.74, 6) is -1.81. The van der Waals surface area contributed by atoms with Gasteiger partial charge in [-0.05, 0) is 61.9 Å². The molecule has 0 bridgehead atoms. The summed E-state index contributed by atoms with van der Waals surface area (Å²) in [6.07, 6.45) is 0. The number of aryl methyl sites for hydroxylation is 2. The molecule has 0 heterocycles. The lowest BCUT2D eigenvalue weighted by Crippen LogP contribution is -2.16. The number of hydrogen-bond acceptors (Lipinski definition) is 5. The van der Waals surface area contributed by atoms with Crippen LogP contribution in [-0.4, -0.2) is 27.9 Å². The maximum absolute atomic E-state index is 12.9. The van der Waals surface area contributed by atoms with E-state index < -0.39 is 31.6 Å². The van der Waals surface area contributed by atoms with Crippen LogP contribution in [0.4, 0.5) is 5.69 Å². The van der Waals surface area contributed by atoms with Gasteiger partial charge in [-0.1, -0.05) is 35.4 Å². The summed E-state index contributed by atoms with van der Waals surface area (Å²) >= 11 is 0. The molecular formula is C22H21NO6S2. The first-order chi connectivity index (χ1) is 14.5. The van der Waals surface area contributed by atoms with Gasteiger partial charge >= 0.3 is 5.97 Å². The van der Waals surface area contributed by atoms with E-state index in [0.29, 0.717) is 0 Å². The fraction of sp³-hybridized carbons (Fsp3) is 0.136. The highest BCUT2D eigenvalue weighted by molar-refractivity contribution is 7.92. The molecule has 162 valence electrons. The summed E-state index contributed by atoms with van der Waals surface area (Å²) in [4.78, 5) is 11.5. The van der Waals surface area contributed by atoms with Crippen LogP contribution in [0.2, 0.25) is 0 Å². The minimum atomic E-state index is -4.00. The monoisotopic (exact) mass is 459 g/mol. The third-order valence-electron chi connectivity index (χ3n) is 4.65. The van der Waals surface area contributed by atoms with Crippen LogP contribution in [0.15, 0.2) is 76.5 Å². The van der Waals surface area contributed by atoms with Gasteiger partial charge in [0.1, 0.15) is 0 Å². The quantitative estimate of drug-likeness (QED) is 0.555. The summed E-state index contributed by atoms with van der Waals surface area (Å²) in [5, 5.41) is 9.29. The Hall–Kier alpha value is -3.17. The molecule has 9 heteroatoms. The standard InChI is InChI=1S/C22H21NO6S2/c1-15-3-8-19(9-4-15)30(26,27)14-18-13-17(22(24)25)7-12-21(18)23-31(28,29)20-10-5-16(2)6-11-20/h3-13,23H,14H2,1-2H3,(H,24,25). The molecule has 31 heavy (non-hydrogen) atoms. The number of anilines is 1. The van der Waals surface area contributed by atoms with Gasteiger partial charge in [-0.3, -0.25) is 4.72 Å². The lowest BCUT2D eigenvalue weighted by Gasteiger charge is -2.14. The molecule has 0 atom stereocenters. The fourth-order valence-corrected chi connectivity index (χ4v) is 5.37. The first kappa shape index (κ1) is 22.5. The number of carboxylic acids is 1. The Morgan fingerprint density at radius 1 is 0.806 bits per heavy atom. The van der Waals surface area contributed by atoms with Gasteiger partial charge in [0.15, 0.2) is 9.84 Å². The highest BCUT2D eigenvalue weighted by Crippen LogP contribution is 2.26. The Bertz CT molecular complexity index is 1330. The van der Waals surface area contributed by atoms with E-state index in [-0.39, 0.29) is 26.6 Å². The number of sulfonamides is 1. The summed E-state index contributed by atoms with van der Waals surface area (Å²) in [7, 11) is -7.85. The Balaban J connectivity index is 2.02. The van der Waals surface area contributed by atoms with E-state index in [9.17, 15) is 26.7 Å². The molecular weight excluding hydrogens is 438 g/mol. The lowest BCUT2D eigenvalue weighted by atomic mass is 10.1. The zero-order valence-electron chi connectivity index (χ0n) is 16.9. The van der Waals surface area contributed by atoms with Gasteiger partial charge in [-0.25, -0.2) is 21.6 Å². The van der Waals surface area contributed by atoms with Crippen LogP contribution in [0, 0.1) is 13.8 Å². The van der Waals surface area contributed by atoms with E-state index in [0.717, 1.165) is 11.1 Å². The van der Waals surface area contributed by atoms with Crippen molar-refractivity contribution in [3.05, 3.63) is 89.0 Å². The predicted molar refractivity (Wildman–Crippen MR) is 117 cm³/mol. The Labute approximate surface area is 181 Å². The summed E-state index contributed by atoms with van der Waals surface area (Å²) in [6, 6.07) is 16.0. The van der Waals surface area contributed by atoms with Crippen LogP contribution >= 0.6 is 0 Å². The van der Waals surface area contributed by atoms with Gasteiger partial charge in [0.25, 0.3) is 10.0 Å². The fourth-order valence-electron chi connectivity index (χ4n) is 2.90. The first-order valence-corrected chi connectivity index (χ1v) is 12.4. The second kappa shape index (κ2) is 8.52. The third-order valence-corrected chi connectivity index (χ3v) is 7.72. The molecule has 0 saturated heterocycles. The molecule has 0 aromatic heterocycles. The molecule has 0 saturated carbocycles. The minimum Gasteiger partial charge on any atom is -0.478 e. The number of carboxylic acid groups (broad SMARTS) is 1. The van der Waals surface area contributed by atoms with Crippen LogP contribution in [0.1, 0.15) is 27.0 Å². The second-order valence-corrected chi connectivity index (χ2v) is 10.8. The normalized spacial score (nSPS) is 11.8. The zero-order valence-corrected chi connectivity index (χ0v) is 18.5. The molecule has 0 amide bonds. The predicted octanol–water partition coefficient (Wildman–Crippen LogP) is 3.78. The van der Waals surface area contributed by atoms with Crippen molar-refractivity contribution in [2.45, 2.75) is 29.4 Å².